The summed E-state index contributed by atoms with van der Waals surface area (Å²) in [6.45, 7) is 12.5. The largest absolute Gasteiger partial charge is 0.456 e. The van der Waals surface area contributed by atoms with E-state index in [1.54, 1.807) is 12.7 Å². The Morgan fingerprint density at radius 2 is 1.80 bits per heavy atom. The first-order valence-corrected chi connectivity index (χ1v) is 16.6. The molecule has 0 heterocycles. The highest BCUT2D eigenvalue weighted by Crippen LogP contribution is 2.67. The maximum atomic E-state index is 13.1. The summed E-state index contributed by atoms with van der Waals surface area (Å²) in [5, 5.41) is 10.8. The summed E-state index contributed by atoms with van der Waals surface area (Å²) in [4.78, 5) is 13.1. The zero-order valence-electron chi connectivity index (χ0n) is 26.7. The molecule has 3 fully saturated rings. The van der Waals surface area contributed by atoms with Gasteiger partial charge in [-0.15, -0.1) is 0 Å². The second-order valence-corrected chi connectivity index (χ2v) is 15.5. The van der Waals surface area contributed by atoms with Gasteiger partial charge in [0.2, 0.25) is 0 Å². The molecule has 3 saturated carbocycles. The number of ether oxygens (including phenoxy) is 2. The minimum Gasteiger partial charge on any atom is -0.456 e. The molecule has 228 valence electrons. The summed E-state index contributed by atoms with van der Waals surface area (Å²) < 4.78 is 11.6. The van der Waals surface area contributed by atoms with Crippen molar-refractivity contribution in [1.82, 2.24) is 0 Å². The fraction of sp³-hybridized carbons (Fsp3) is 0.757. The molecule has 1 N–H and O–H groups in total. The van der Waals surface area contributed by atoms with Gasteiger partial charge in [-0.3, -0.25) is 0 Å². The highest BCUT2D eigenvalue weighted by molar-refractivity contribution is 5.89. The molecule has 0 aliphatic heterocycles. The van der Waals surface area contributed by atoms with Crippen LogP contribution in [0.5, 0.6) is 0 Å². The predicted octanol–water partition coefficient (Wildman–Crippen LogP) is 8.78. The molecule has 0 aromatic heterocycles. The first-order chi connectivity index (χ1) is 19.4. The number of aliphatic hydroxyl groups is 1. The van der Waals surface area contributed by atoms with Crippen LogP contribution < -0.4 is 0 Å². The maximum absolute atomic E-state index is 13.1. The Bertz CT molecular complexity index is 1090. The van der Waals surface area contributed by atoms with Gasteiger partial charge < -0.3 is 14.6 Å². The summed E-state index contributed by atoms with van der Waals surface area (Å²) in [5.74, 6) is 3.48. The molecule has 0 bridgehead atoms. The first kappa shape index (κ1) is 30.8. The quantitative estimate of drug-likeness (QED) is 0.175. The molecule has 9 atom stereocenters. The van der Waals surface area contributed by atoms with Gasteiger partial charge in [0.1, 0.15) is 5.60 Å². The molecule has 0 spiro atoms. The molecule has 4 heteroatoms. The fourth-order valence-corrected chi connectivity index (χ4v) is 10.2. The van der Waals surface area contributed by atoms with Gasteiger partial charge in [0.25, 0.3) is 0 Å². The SMILES string of the molecule is COCCC[C@@](C)(CC[C@@H](C)[C@H]1CC[C@H]2[C@@H]3CC=C4C[C@@](C)(O)CC[C@]4(C)[C@H]3CC[C@]12C)OC(=O)c1ccccc1. The number of hydrogen-bond donors (Lipinski definition) is 1. The normalized spacial score (nSPS) is 38.6. The minimum absolute atomic E-state index is 0.216. The number of methoxy groups -OCH3 is 1. The number of rotatable bonds is 10. The second kappa shape index (κ2) is 11.8. The van der Waals surface area contributed by atoms with E-state index in [0.717, 1.165) is 68.6 Å². The first-order valence-electron chi connectivity index (χ1n) is 16.6. The second-order valence-electron chi connectivity index (χ2n) is 15.5. The summed E-state index contributed by atoms with van der Waals surface area (Å²) >= 11 is 0. The standard InChI is InChI=1S/C37H56O4/c1-26(17-20-35(3,19-10-24-40-6)41-33(38)27-11-8-7-9-12-27)30-15-16-31-29-14-13-28-25-34(2,39)22-23-36(28,4)32(29)18-21-37(30,31)5/h7-9,11-13,26,29-32,39H,10,14-25H2,1-6H3/t26-,29+,30-,31+,32+,34+,35+,36+,37-/m1/s1. The van der Waals surface area contributed by atoms with Gasteiger partial charge in [-0.25, -0.2) is 4.79 Å². The van der Waals surface area contributed by atoms with E-state index < -0.39 is 11.2 Å². The van der Waals surface area contributed by atoms with E-state index in [0.29, 0.717) is 23.5 Å². The molecule has 5 rings (SSSR count). The lowest BCUT2D eigenvalue weighted by Crippen LogP contribution is -2.52. The Hall–Kier alpha value is -1.65. The van der Waals surface area contributed by atoms with E-state index in [-0.39, 0.29) is 11.4 Å². The van der Waals surface area contributed by atoms with Crippen molar-refractivity contribution in [2.24, 2.45) is 40.4 Å². The van der Waals surface area contributed by atoms with Crippen molar-refractivity contribution in [1.29, 1.82) is 0 Å². The van der Waals surface area contributed by atoms with Crippen LogP contribution in [-0.4, -0.2) is 36.0 Å². The van der Waals surface area contributed by atoms with Gasteiger partial charge in [-0.2, -0.15) is 0 Å². The van der Waals surface area contributed by atoms with Crippen LogP contribution in [0.15, 0.2) is 42.0 Å². The third kappa shape index (κ3) is 6.07. The summed E-state index contributed by atoms with van der Waals surface area (Å²) in [6, 6.07) is 9.41. The fourth-order valence-electron chi connectivity index (χ4n) is 10.2. The monoisotopic (exact) mass is 564 g/mol. The average Bonchev–Trinajstić information content (AvgIpc) is 3.30. The van der Waals surface area contributed by atoms with Crippen LogP contribution in [0.2, 0.25) is 0 Å². The number of carbonyl (C=O) groups excluding carboxylic acids is 1. The number of fused-ring (bicyclic) bond motifs is 5. The lowest BCUT2D eigenvalue weighted by Gasteiger charge is -2.59. The van der Waals surface area contributed by atoms with Gasteiger partial charge >= 0.3 is 5.97 Å². The lowest BCUT2D eigenvalue weighted by atomic mass is 9.46. The molecule has 0 saturated heterocycles. The number of hydrogen-bond acceptors (Lipinski definition) is 4. The van der Waals surface area contributed by atoms with Gasteiger partial charge in [0, 0.05) is 13.7 Å². The summed E-state index contributed by atoms with van der Waals surface area (Å²) in [6.07, 6.45) is 15.8. The van der Waals surface area contributed by atoms with E-state index in [1.165, 1.54) is 32.1 Å². The third-order valence-corrected chi connectivity index (χ3v) is 12.7. The van der Waals surface area contributed by atoms with Crippen molar-refractivity contribution < 1.29 is 19.4 Å². The average molecular weight is 565 g/mol. The smallest absolute Gasteiger partial charge is 0.338 e. The topological polar surface area (TPSA) is 55.8 Å². The number of benzene rings is 1. The Morgan fingerprint density at radius 1 is 1.05 bits per heavy atom. The zero-order chi connectivity index (χ0) is 29.5. The van der Waals surface area contributed by atoms with Crippen LogP contribution in [0.3, 0.4) is 0 Å². The van der Waals surface area contributed by atoms with E-state index in [9.17, 15) is 9.90 Å². The van der Waals surface area contributed by atoms with Crippen molar-refractivity contribution >= 4 is 5.97 Å². The number of allylic oxidation sites excluding steroid dienone is 1. The van der Waals surface area contributed by atoms with Crippen LogP contribution in [0.4, 0.5) is 0 Å². The van der Waals surface area contributed by atoms with Crippen LogP contribution in [0, 0.1) is 40.4 Å². The van der Waals surface area contributed by atoms with E-state index in [2.05, 4.69) is 33.8 Å². The molecule has 0 unspecified atom stereocenters. The van der Waals surface area contributed by atoms with Gasteiger partial charge in [-0.1, -0.05) is 50.6 Å². The molecule has 4 aliphatic rings. The molecule has 41 heavy (non-hydrogen) atoms. The van der Waals surface area contributed by atoms with Crippen LogP contribution in [0.1, 0.15) is 122 Å². The van der Waals surface area contributed by atoms with E-state index in [1.807, 2.05) is 37.3 Å². The predicted molar refractivity (Wildman–Crippen MR) is 166 cm³/mol. The molecule has 4 nitrogen and oxygen atoms in total. The summed E-state index contributed by atoms with van der Waals surface area (Å²) in [5.41, 5.74) is 1.85. The number of carbonyl (C=O) groups is 1. The van der Waals surface area contributed by atoms with Crippen molar-refractivity contribution in [3.8, 4) is 0 Å². The lowest BCUT2D eigenvalue weighted by molar-refractivity contribution is -0.0720. The Balaban J connectivity index is 1.26. The van der Waals surface area contributed by atoms with Gasteiger partial charge in [0.15, 0.2) is 0 Å². The summed E-state index contributed by atoms with van der Waals surface area (Å²) in [7, 11) is 1.74. The molecule has 4 aliphatic carbocycles. The molecular formula is C37H56O4. The van der Waals surface area contributed by atoms with Crippen LogP contribution in [-0.2, 0) is 9.47 Å². The number of esters is 1. The minimum atomic E-state index is -0.525. The molecule has 1 aromatic rings. The highest BCUT2D eigenvalue weighted by Gasteiger charge is 2.59. The van der Waals surface area contributed by atoms with E-state index >= 15 is 0 Å². The maximum Gasteiger partial charge on any atom is 0.338 e. The highest BCUT2D eigenvalue weighted by atomic mass is 16.6. The van der Waals surface area contributed by atoms with Gasteiger partial charge in [0.05, 0.1) is 11.2 Å². The van der Waals surface area contributed by atoms with Crippen LogP contribution in [0.25, 0.3) is 0 Å². The van der Waals surface area contributed by atoms with Crippen molar-refractivity contribution in [3.63, 3.8) is 0 Å². The molecule has 0 amide bonds. The van der Waals surface area contributed by atoms with Gasteiger partial charge in [-0.05, 0) is 143 Å². The zero-order valence-corrected chi connectivity index (χ0v) is 26.7. The van der Waals surface area contributed by atoms with E-state index in [4.69, 9.17) is 9.47 Å². The third-order valence-electron chi connectivity index (χ3n) is 12.7. The molecular weight excluding hydrogens is 508 g/mol. The Labute approximate surface area is 249 Å². The van der Waals surface area contributed by atoms with Crippen molar-refractivity contribution in [3.05, 3.63) is 47.5 Å². The van der Waals surface area contributed by atoms with Crippen molar-refractivity contribution in [2.75, 3.05) is 13.7 Å². The van der Waals surface area contributed by atoms with Crippen molar-refractivity contribution in [2.45, 2.75) is 123 Å². The Morgan fingerprint density at radius 3 is 2.54 bits per heavy atom. The Kier molecular flexibility index (Phi) is 8.86. The molecule has 0 radical (unpaired) electrons. The van der Waals surface area contributed by atoms with Crippen LogP contribution >= 0.6 is 0 Å². The molecule has 1 aromatic carbocycles.